The van der Waals surface area contributed by atoms with Gasteiger partial charge >= 0.3 is 0 Å². The molecule has 0 bridgehead atoms. The molecule has 0 aliphatic heterocycles. The molecule has 1 N–H and O–H groups in total. The van der Waals surface area contributed by atoms with Crippen LogP contribution in [0.4, 0.5) is 0 Å². The Balaban J connectivity index is 1.95. The third kappa shape index (κ3) is 4.74. The molecule has 2 aromatic carbocycles. The number of nitrogens with one attached hydrogen (secondary N) is 1. The average molecular weight is 313 g/mol. The first-order valence-electron chi connectivity index (χ1n) is 7.67. The summed E-state index contributed by atoms with van der Waals surface area (Å²) >= 11 is 0. The van der Waals surface area contributed by atoms with Crippen LogP contribution in [0.25, 0.3) is 0 Å². The van der Waals surface area contributed by atoms with Crippen molar-refractivity contribution in [3.05, 3.63) is 59.7 Å². The lowest BCUT2D eigenvalue weighted by atomic mass is 10.1. The topological polar surface area (TPSA) is 47.6 Å². The molecule has 122 valence electrons. The molecule has 0 radical (unpaired) electrons. The molecule has 0 spiro atoms. The number of benzene rings is 2. The van der Waals surface area contributed by atoms with Crippen molar-refractivity contribution in [2.24, 2.45) is 0 Å². The zero-order valence-corrected chi connectivity index (χ0v) is 14.0. The summed E-state index contributed by atoms with van der Waals surface area (Å²) in [4.78, 5) is 12.3. The fourth-order valence-electron chi connectivity index (χ4n) is 2.20. The molecular formula is C19H23NO3. The normalized spacial score (nSPS) is 13.0. The molecule has 4 heteroatoms. The van der Waals surface area contributed by atoms with Crippen molar-refractivity contribution in [2.75, 3.05) is 7.11 Å². The van der Waals surface area contributed by atoms with Gasteiger partial charge < -0.3 is 14.8 Å². The summed E-state index contributed by atoms with van der Waals surface area (Å²) in [5.74, 6) is 1.15. The minimum atomic E-state index is -0.588. The van der Waals surface area contributed by atoms with E-state index in [2.05, 4.69) is 5.32 Å². The van der Waals surface area contributed by atoms with Crippen LogP contribution in [0.2, 0.25) is 0 Å². The first-order valence-corrected chi connectivity index (χ1v) is 7.67. The standard InChI is InChI=1S/C19H23NO3/c1-13-8-10-16(11-9-13)14(2)20-19(21)15(3)23-18-7-5-6-17(12-18)22-4/h5-12,14-15H,1-4H3,(H,20,21)/t14-,15-/m1/s1. The SMILES string of the molecule is COc1cccc(O[C@H](C)C(=O)N[C@H](C)c2ccc(C)cc2)c1. The van der Waals surface area contributed by atoms with Crippen molar-refractivity contribution in [2.45, 2.75) is 32.9 Å². The Morgan fingerprint density at radius 2 is 1.70 bits per heavy atom. The summed E-state index contributed by atoms with van der Waals surface area (Å²) in [5, 5.41) is 2.97. The number of amides is 1. The summed E-state index contributed by atoms with van der Waals surface area (Å²) in [6.07, 6.45) is -0.588. The highest BCUT2D eigenvalue weighted by Crippen LogP contribution is 2.20. The summed E-state index contributed by atoms with van der Waals surface area (Å²) in [7, 11) is 1.60. The van der Waals surface area contributed by atoms with Crippen LogP contribution in [0.15, 0.2) is 48.5 Å². The van der Waals surface area contributed by atoms with E-state index in [1.165, 1.54) is 5.56 Å². The van der Waals surface area contributed by atoms with Crippen molar-refractivity contribution >= 4 is 5.91 Å². The van der Waals surface area contributed by atoms with Gasteiger partial charge in [0, 0.05) is 6.07 Å². The molecule has 4 nitrogen and oxygen atoms in total. The van der Waals surface area contributed by atoms with Crippen LogP contribution in [-0.2, 0) is 4.79 Å². The van der Waals surface area contributed by atoms with Crippen LogP contribution in [0.3, 0.4) is 0 Å². The van der Waals surface area contributed by atoms with E-state index in [0.29, 0.717) is 11.5 Å². The summed E-state index contributed by atoms with van der Waals surface area (Å²) in [6.45, 7) is 5.73. The van der Waals surface area contributed by atoms with Gasteiger partial charge in [-0.25, -0.2) is 0 Å². The van der Waals surface area contributed by atoms with E-state index in [0.717, 1.165) is 5.56 Å². The predicted molar refractivity (Wildman–Crippen MR) is 90.8 cm³/mol. The molecule has 2 aromatic rings. The maximum absolute atomic E-state index is 12.3. The average Bonchev–Trinajstić information content (AvgIpc) is 2.55. The van der Waals surface area contributed by atoms with Gasteiger partial charge in [0.05, 0.1) is 13.2 Å². The summed E-state index contributed by atoms with van der Waals surface area (Å²) in [5.41, 5.74) is 2.26. The molecule has 23 heavy (non-hydrogen) atoms. The zero-order chi connectivity index (χ0) is 16.8. The fourth-order valence-corrected chi connectivity index (χ4v) is 2.20. The molecule has 0 aliphatic rings. The lowest BCUT2D eigenvalue weighted by Gasteiger charge is -2.19. The molecule has 0 saturated heterocycles. The number of rotatable bonds is 6. The summed E-state index contributed by atoms with van der Waals surface area (Å²) < 4.78 is 10.8. The Labute approximate surface area is 137 Å². The molecule has 0 saturated carbocycles. The van der Waals surface area contributed by atoms with Gasteiger partial charge in [0.1, 0.15) is 11.5 Å². The number of ether oxygens (including phenoxy) is 2. The highest BCUT2D eigenvalue weighted by Gasteiger charge is 2.17. The van der Waals surface area contributed by atoms with Crippen LogP contribution >= 0.6 is 0 Å². The molecule has 1 amide bonds. The Hall–Kier alpha value is -2.49. The Morgan fingerprint density at radius 3 is 2.35 bits per heavy atom. The number of hydrogen-bond donors (Lipinski definition) is 1. The number of hydrogen-bond acceptors (Lipinski definition) is 3. The van der Waals surface area contributed by atoms with Gasteiger partial charge in [-0.2, -0.15) is 0 Å². The zero-order valence-electron chi connectivity index (χ0n) is 14.0. The maximum atomic E-state index is 12.3. The second kappa shape index (κ2) is 7.68. The van der Waals surface area contributed by atoms with Crippen LogP contribution < -0.4 is 14.8 Å². The third-order valence-electron chi connectivity index (χ3n) is 3.66. The van der Waals surface area contributed by atoms with Crippen molar-refractivity contribution in [3.63, 3.8) is 0 Å². The van der Waals surface area contributed by atoms with Crippen molar-refractivity contribution in [1.29, 1.82) is 0 Å². The van der Waals surface area contributed by atoms with E-state index >= 15 is 0 Å². The van der Waals surface area contributed by atoms with Crippen LogP contribution in [0, 0.1) is 6.92 Å². The molecule has 0 fully saturated rings. The molecule has 0 aliphatic carbocycles. The number of aryl methyl sites for hydroxylation is 1. The van der Waals surface area contributed by atoms with E-state index in [4.69, 9.17) is 9.47 Å². The molecule has 0 unspecified atom stereocenters. The van der Waals surface area contributed by atoms with E-state index in [9.17, 15) is 4.79 Å². The van der Waals surface area contributed by atoms with Gasteiger partial charge in [-0.3, -0.25) is 4.79 Å². The minimum Gasteiger partial charge on any atom is -0.497 e. The molecule has 0 aromatic heterocycles. The van der Waals surface area contributed by atoms with E-state index in [-0.39, 0.29) is 11.9 Å². The van der Waals surface area contributed by atoms with Gasteiger partial charge in [-0.05, 0) is 38.5 Å². The number of methoxy groups -OCH3 is 1. The minimum absolute atomic E-state index is 0.0699. The van der Waals surface area contributed by atoms with E-state index in [1.807, 2.05) is 50.2 Å². The lowest BCUT2D eigenvalue weighted by Crippen LogP contribution is -2.37. The highest BCUT2D eigenvalue weighted by molar-refractivity contribution is 5.81. The fraction of sp³-hybridized carbons (Fsp3) is 0.316. The van der Waals surface area contributed by atoms with Crippen molar-refractivity contribution in [1.82, 2.24) is 5.32 Å². The quantitative estimate of drug-likeness (QED) is 0.885. The molecule has 0 heterocycles. The maximum Gasteiger partial charge on any atom is 0.261 e. The first kappa shape index (κ1) is 16.9. The summed E-state index contributed by atoms with van der Waals surface area (Å²) in [6, 6.07) is 15.3. The van der Waals surface area contributed by atoms with Gasteiger partial charge in [0.2, 0.25) is 0 Å². The predicted octanol–water partition coefficient (Wildman–Crippen LogP) is 3.65. The lowest BCUT2D eigenvalue weighted by molar-refractivity contribution is -0.127. The monoisotopic (exact) mass is 313 g/mol. The van der Waals surface area contributed by atoms with E-state index in [1.54, 1.807) is 26.2 Å². The van der Waals surface area contributed by atoms with Gasteiger partial charge in [-0.1, -0.05) is 35.9 Å². The van der Waals surface area contributed by atoms with Gasteiger partial charge in [0.25, 0.3) is 5.91 Å². The van der Waals surface area contributed by atoms with Crippen LogP contribution in [0.1, 0.15) is 31.0 Å². The Kier molecular flexibility index (Phi) is 5.63. The molecule has 2 rings (SSSR count). The van der Waals surface area contributed by atoms with Crippen LogP contribution in [0.5, 0.6) is 11.5 Å². The first-order chi connectivity index (χ1) is 11.0. The number of carbonyl (C=O) groups excluding carboxylic acids is 1. The van der Waals surface area contributed by atoms with E-state index < -0.39 is 6.10 Å². The Morgan fingerprint density at radius 1 is 1.04 bits per heavy atom. The highest BCUT2D eigenvalue weighted by atomic mass is 16.5. The smallest absolute Gasteiger partial charge is 0.261 e. The van der Waals surface area contributed by atoms with Crippen molar-refractivity contribution < 1.29 is 14.3 Å². The Bertz CT molecular complexity index is 652. The third-order valence-corrected chi connectivity index (χ3v) is 3.66. The second-order valence-corrected chi connectivity index (χ2v) is 5.58. The molecule has 2 atom stereocenters. The molecular weight excluding hydrogens is 290 g/mol. The number of carbonyl (C=O) groups is 1. The largest absolute Gasteiger partial charge is 0.497 e. The van der Waals surface area contributed by atoms with Gasteiger partial charge in [-0.15, -0.1) is 0 Å². The van der Waals surface area contributed by atoms with Crippen molar-refractivity contribution in [3.8, 4) is 11.5 Å². The van der Waals surface area contributed by atoms with Crippen LogP contribution in [-0.4, -0.2) is 19.1 Å². The van der Waals surface area contributed by atoms with Gasteiger partial charge in [0.15, 0.2) is 6.10 Å². The second-order valence-electron chi connectivity index (χ2n) is 5.58.